The number of halogens is 1. The molecule has 0 bridgehead atoms. The Morgan fingerprint density at radius 1 is 1.30 bits per heavy atom. The summed E-state index contributed by atoms with van der Waals surface area (Å²) in [5.41, 5.74) is 1.27. The highest BCUT2D eigenvalue weighted by Crippen LogP contribution is 2.47. The van der Waals surface area contributed by atoms with Crippen molar-refractivity contribution >= 4 is 31.9 Å². The van der Waals surface area contributed by atoms with Crippen LogP contribution >= 0.6 is 15.9 Å². The Balaban J connectivity index is 1.72. The number of carbonyl (C=O) groups is 1. The zero-order valence-electron chi connectivity index (χ0n) is 12.5. The van der Waals surface area contributed by atoms with Gasteiger partial charge in [0.1, 0.15) is 5.69 Å². The van der Waals surface area contributed by atoms with Crippen molar-refractivity contribution in [3.63, 3.8) is 0 Å². The van der Waals surface area contributed by atoms with Crippen LogP contribution in [0.1, 0.15) is 29.4 Å². The lowest BCUT2D eigenvalue weighted by Gasteiger charge is -2.06. The van der Waals surface area contributed by atoms with Crippen molar-refractivity contribution in [2.75, 3.05) is 0 Å². The largest absolute Gasteiger partial charge is 0.360 e. The third-order valence-corrected chi connectivity index (χ3v) is 6.02. The number of nitrogens with zero attached hydrogens (tertiary/aromatic N) is 1. The van der Waals surface area contributed by atoms with E-state index >= 15 is 0 Å². The Hall–Kier alpha value is -1.67. The molecule has 0 saturated heterocycles. The number of benzene rings is 1. The summed E-state index contributed by atoms with van der Waals surface area (Å²) in [4.78, 5) is 12.2. The van der Waals surface area contributed by atoms with Crippen molar-refractivity contribution in [3.8, 4) is 0 Å². The van der Waals surface area contributed by atoms with E-state index in [-0.39, 0.29) is 28.2 Å². The first kappa shape index (κ1) is 16.2. The molecule has 2 atom stereocenters. The number of nitrogens with one attached hydrogen (secondary N) is 1. The molecule has 1 fully saturated rings. The third-order valence-electron chi connectivity index (χ3n) is 3.90. The molecular weight excluding hydrogens is 384 g/mol. The number of rotatable bonds is 4. The second-order valence-electron chi connectivity index (χ2n) is 5.62. The van der Waals surface area contributed by atoms with Crippen LogP contribution in [0.3, 0.4) is 0 Å². The zero-order valence-corrected chi connectivity index (χ0v) is 14.9. The van der Waals surface area contributed by atoms with E-state index in [2.05, 4.69) is 25.8 Å². The van der Waals surface area contributed by atoms with Gasteiger partial charge < -0.3 is 4.52 Å². The average Bonchev–Trinajstić information content (AvgIpc) is 3.19. The summed E-state index contributed by atoms with van der Waals surface area (Å²) in [5.74, 6) is -0.588. The molecule has 0 aliphatic heterocycles. The number of amides is 1. The van der Waals surface area contributed by atoms with Gasteiger partial charge in [0.25, 0.3) is 10.0 Å². The summed E-state index contributed by atoms with van der Waals surface area (Å²) in [7, 11) is -3.96. The van der Waals surface area contributed by atoms with Gasteiger partial charge in [-0.2, -0.15) is 0 Å². The molecule has 8 heteroatoms. The average molecular weight is 399 g/mol. The smallest absolute Gasteiger partial charge is 0.269 e. The topological polar surface area (TPSA) is 89.3 Å². The molecule has 1 aromatic carbocycles. The first-order chi connectivity index (χ1) is 10.8. The Morgan fingerprint density at radius 2 is 1.96 bits per heavy atom. The monoisotopic (exact) mass is 398 g/mol. The molecule has 0 unspecified atom stereocenters. The first-order valence-electron chi connectivity index (χ1n) is 7.04. The highest BCUT2D eigenvalue weighted by Gasteiger charge is 2.45. The van der Waals surface area contributed by atoms with Gasteiger partial charge in [-0.15, -0.1) is 0 Å². The van der Waals surface area contributed by atoms with E-state index < -0.39 is 15.9 Å². The maximum absolute atomic E-state index is 12.3. The Kier molecular flexibility index (Phi) is 4.05. The van der Waals surface area contributed by atoms with Crippen LogP contribution in [0.2, 0.25) is 0 Å². The summed E-state index contributed by atoms with van der Waals surface area (Å²) in [5, 5.41) is 3.61. The van der Waals surface area contributed by atoms with Crippen molar-refractivity contribution in [3.05, 3.63) is 45.8 Å². The van der Waals surface area contributed by atoms with Crippen molar-refractivity contribution in [1.82, 2.24) is 9.88 Å². The van der Waals surface area contributed by atoms with E-state index in [0.717, 1.165) is 10.0 Å². The van der Waals surface area contributed by atoms with E-state index in [1.807, 2.05) is 24.3 Å². The summed E-state index contributed by atoms with van der Waals surface area (Å²) in [6.45, 7) is 3.03. The number of carbonyl (C=O) groups excluding carboxylic acids is 1. The fraction of sp³-hybridized carbons (Fsp3) is 0.333. The lowest BCUT2D eigenvalue weighted by Crippen LogP contribution is -2.32. The minimum Gasteiger partial charge on any atom is -0.360 e. The van der Waals surface area contributed by atoms with Crippen molar-refractivity contribution in [1.29, 1.82) is 0 Å². The summed E-state index contributed by atoms with van der Waals surface area (Å²) in [6, 6.07) is 7.68. The van der Waals surface area contributed by atoms with Crippen LogP contribution in [-0.2, 0) is 14.8 Å². The van der Waals surface area contributed by atoms with Crippen LogP contribution in [-0.4, -0.2) is 19.5 Å². The molecule has 0 spiro atoms. The minimum absolute atomic E-state index is 0.0583. The highest BCUT2D eigenvalue weighted by atomic mass is 79.9. The molecule has 23 heavy (non-hydrogen) atoms. The van der Waals surface area contributed by atoms with Crippen LogP contribution in [0.4, 0.5) is 0 Å². The maximum atomic E-state index is 12.3. The van der Waals surface area contributed by atoms with Crippen molar-refractivity contribution in [2.24, 2.45) is 5.92 Å². The summed E-state index contributed by atoms with van der Waals surface area (Å²) >= 11 is 3.36. The Bertz CT molecular complexity index is 839. The molecule has 2 aromatic rings. The van der Waals surface area contributed by atoms with E-state index in [1.54, 1.807) is 0 Å². The fourth-order valence-electron chi connectivity index (χ4n) is 2.68. The van der Waals surface area contributed by atoms with Gasteiger partial charge in [0.15, 0.2) is 10.7 Å². The fourth-order valence-corrected chi connectivity index (χ4v) is 4.31. The van der Waals surface area contributed by atoms with E-state index in [1.165, 1.54) is 13.8 Å². The summed E-state index contributed by atoms with van der Waals surface area (Å²) in [6.07, 6.45) is 0.643. The molecular formula is C15H15BrN2O4S. The Morgan fingerprint density at radius 3 is 2.52 bits per heavy atom. The van der Waals surface area contributed by atoms with Gasteiger partial charge in [0.05, 0.1) is 0 Å². The summed E-state index contributed by atoms with van der Waals surface area (Å²) < 4.78 is 32.6. The molecule has 1 amide bonds. The van der Waals surface area contributed by atoms with Crippen molar-refractivity contribution in [2.45, 2.75) is 31.1 Å². The molecule has 1 aliphatic carbocycles. The van der Waals surface area contributed by atoms with Crippen molar-refractivity contribution < 1.29 is 17.7 Å². The molecule has 0 radical (unpaired) electrons. The second-order valence-corrected chi connectivity index (χ2v) is 8.16. The molecule has 122 valence electrons. The SMILES string of the molecule is Cc1noc(C)c1S(=O)(=O)NC(=O)[C@@H]1C[C@H]1c1ccc(Br)cc1. The van der Waals surface area contributed by atoms with Crippen LogP contribution in [0.5, 0.6) is 0 Å². The predicted octanol–water partition coefficient (Wildman–Crippen LogP) is 2.66. The normalized spacial score (nSPS) is 20.3. The maximum Gasteiger partial charge on any atom is 0.269 e. The van der Waals surface area contributed by atoms with Gasteiger partial charge in [-0.25, -0.2) is 13.1 Å². The van der Waals surface area contributed by atoms with Crippen LogP contribution in [0.15, 0.2) is 38.2 Å². The first-order valence-corrected chi connectivity index (χ1v) is 9.32. The van der Waals surface area contributed by atoms with Gasteiger partial charge in [-0.05, 0) is 43.9 Å². The highest BCUT2D eigenvalue weighted by molar-refractivity contribution is 9.10. The molecule has 1 aromatic heterocycles. The predicted molar refractivity (Wildman–Crippen MR) is 86.3 cm³/mol. The molecule has 1 saturated carbocycles. The lowest BCUT2D eigenvalue weighted by atomic mass is 10.1. The number of aromatic nitrogens is 1. The number of hydrogen-bond acceptors (Lipinski definition) is 5. The van der Waals surface area contributed by atoms with Gasteiger partial charge in [0.2, 0.25) is 5.91 Å². The van der Waals surface area contributed by atoms with Gasteiger partial charge in [0, 0.05) is 10.4 Å². The third kappa shape index (κ3) is 3.18. The molecule has 1 aliphatic rings. The van der Waals surface area contributed by atoms with Gasteiger partial charge in [-0.1, -0.05) is 33.2 Å². The second kappa shape index (κ2) is 5.76. The van der Waals surface area contributed by atoms with Gasteiger partial charge >= 0.3 is 0 Å². The quantitative estimate of drug-likeness (QED) is 0.854. The van der Waals surface area contributed by atoms with Crippen LogP contribution in [0.25, 0.3) is 0 Å². The molecule has 1 heterocycles. The van der Waals surface area contributed by atoms with E-state index in [4.69, 9.17) is 4.52 Å². The number of hydrogen-bond donors (Lipinski definition) is 1. The standard InChI is InChI=1S/C15H15BrN2O4S/c1-8-14(9(2)22-17-8)23(20,21)18-15(19)13-7-12(13)10-3-5-11(16)6-4-10/h3-6,12-13H,7H2,1-2H3,(H,18,19)/t12-,13+/m0/s1. The Labute approximate surface area is 142 Å². The number of aryl methyl sites for hydroxylation is 2. The molecule has 3 rings (SSSR count). The van der Waals surface area contributed by atoms with Crippen LogP contribution in [0, 0.1) is 19.8 Å². The van der Waals surface area contributed by atoms with Crippen LogP contribution < -0.4 is 4.72 Å². The lowest BCUT2D eigenvalue weighted by molar-refractivity contribution is -0.120. The molecule has 1 N–H and O–H groups in total. The minimum atomic E-state index is -3.96. The van der Waals surface area contributed by atoms with Gasteiger partial charge in [-0.3, -0.25) is 4.79 Å². The zero-order chi connectivity index (χ0) is 16.8. The number of sulfonamides is 1. The molecule has 6 nitrogen and oxygen atoms in total. The van der Waals surface area contributed by atoms with E-state index in [0.29, 0.717) is 6.42 Å². The van der Waals surface area contributed by atoms with E-state index in [9.17, 15) is 13.2 Å².